The van der Waals surface area contributed by atoms with Crippen LogP contribution in [-0.2, 0) is 0 Å². The highest BCUT2D eigenvalue weighted by atomic mass is 15.2. The number of nitrogens with zero attached hydrogens (tertiary/aromatic N) is 1. The van der Waals surface area contributed by atoms with E-state index in [4.69, 9.17) is 5.73 Å². The second-order valence-corrected chi connectivity index (χ2v) is 3.95. The molecule has 0 bridgehead atoms. The summed E-state index contributed by atoms with van der Waals surface area (Å²) in [5, 5.41) is 3.35. The van der Waals surface area contributed by atoms with E-state index in [0.717, 1.165) is 38.4 Å². The first kappa shape index (κ1) is 11.3. The Kier molecular flexibility index (Phi) is 4.70. The summed E-state index contributed by atoms with van der Waals surface area (Å²) in [6, 6.07) is 0. The zero-order valence-electron chi connectivity index (χ0n) is 9.21. The predicted molar refractivity (Wildman–Crippen MR) is 61.0 cm³/mol. The first-order valence-corrected chi connectivity index (χ1v) is 5.21. The van der Waals surface area contributed by atoms with Crippen LogP contribution < -0.4 is 11.1 Å². The van der Waals surface area contributed by atoms with Crippen molar-refractivity contribution < 1.29 is 0 Å². The second kappa shape index (κ2) is 5.83. The van der Waals surface area contributed by atoms with Gasteiger partial charge in [-0.25, -0.2) is 0 Å². The molecule has 0 saturated carbocycles. The van der Waals surface area contributed by atoms with E-state index < -0.39 is 0 Å². The van der Waals surface area contributed by atoms with Gasteiger partial charge >= 0.3 is 0 Å². The summed E-state index contributed by atoms with van der Waals surface area (Å²) in [6.07, 6.45) is 4.08. The lowest BCUT2D eigenvalue weighted by Crippen LogP contribution is -2.43. The molecule has 3 N–H and O–H groups in total. The topological polar surface area (TPSA) is 41.3 Å². The monoisotopic (exact) mass is 195 g/mol. The standard InChI is InChI=1S/C11H21N3/c1-10(3-4-11(2)12)9-14-7-5-13-6-8-14/h3-4,13H,5-9,12H2,1-2H3/b10-3+,11-4-. The fraction of sp³-hybridized carbons (Fsp3) is 0.636. The lowest BCUT2D eigenvalue weighted by Gasteiger charge is -2.27. The third-order valence-corrected chi connectivity index (χ3v) is 2.31. The van der Waals surface area contributed by atoms with Gasteiger partial charge in [0.2, 0.25) is 0 Å². The van der Waals surface area contributed by atoms with Crippen molar-refractivity contribution in [1.82, 2.24) is 10.2 Å². The maximum atomic E-state index is 5.57. The maximum absolute atomic E-state index is 5.57. The van der Waals surface area contributed by atoms with E-state index in [1.54, 1.807) is 0 Å². The third kappa shape index (κ3) is 4.44. The SMILES string of the molecule is C/C(N)=C/C=C(\C)CN1CCNCC1. The highest BCUT2D eigenvalue weighted by Gasteiger charge is 2.08. The fourth-order valence-electron chi connectivity index (χ4n) is 1.55. The Bertz CT molecular complexity index is 221. The van der Waals surface area contributed by atoms with Crippen LogP contribution in [0.25, 0.3) is 0 Å². The van der Waals surface area contributed by atoms with Crippen molar-refractivity contribution in [3.8, 4) is 0 Å². The van der Waals surface area contributed by atoms with Gasteiger partial charge in [-0.2, -0.15) is 0 Å². The van der Waals surface area contributed by atoms with Crippen molar-refractivity contribution in [2.75, 3.05) is 32.7 Å². The molecule has 0 radical (unpaired) electrons. The van der Waals surface area contributed by atoms with E-state index >= 15 is 0 Å². The Morgan fingerprint density at radius 2 is 1.93 bits per heavy atom. The Morgan fingerprint density at radius 1 is 1.29 bits per heavy atom. The number of piperazine rings is 1. The van der Waals surface area contributed by atoms with Crippen molar-refractivity contribution in [2.45, 2.75) is 13.8 Å². The van der Waals surface area contributed by atoms with Gasteiger partial charge in [-0.15, -0.1) is 0 Å². The van der Waals surface area contributed by atoms with Crippen LogP contribution in [0.5, 0.6) is 0 Å². The number of hydrogen-bond donors (Lipinski definition) is 2. The molecule has 3 nitrogen and oxygen atoms in total. The molecule has 1 aliphatic rings. The smallest absolute Gasteiger partial charge is 0.0194 e. The van der Waals surface area contributed by atoms with Crippen molar-refractivity contribution in [1.29, 1.82) is 0 Å². The van der Waals surface area contributed by atoms with Gasteiger partial charge in [0.25, 0.3) is 0 Å². The molecule has 0 aromatic heterocycles. The fourth-order valence-corrected chi connectivity index (χ4v) is 1.55. The van der Waals surface area contributed by atoms with Gasteiger partial charge in [-0.05, 0) is 19.9 Å². The molecule has 0 spiro atoms. The molecule has 80 valence electrons. The zero-order chi connectivity index (χ0) is 10.4. The Balaban J connectivity index is 2.34. The van der Waals surface area contributed by atoms with Gasteiger partial charge in [0.05, 0.1) is 0 Å². The van der Waals surface area contributed by atoms with Gasteiger partial charge in [-0.1, -0.05) is 11.6 Å². The van der Waals surface area contributed by atoms with Gasteiger partial charge in [0, 0.05) is 38.4 Å². The Labute approximate surface area is 86.7 Å². The Hall–Kier alpha value is -0.800. The number of hydrogen-bond acceptors (Lipinski definition) is 3. The summed E-state index contributed by atoms with van der Waals surface area (Å²) in [5.41, 5.74) is 7.80. The predicted octanol–water partition coefficient (Wildman–Crippen LogP) is 0.700. The van der Waals surface area contributed by atoms with E-state index in [-0.39, 0.29) is 0 Å². The lowest BCUT2D eigenvalue weighted by atomic mass is 10.2. The van der Waals surface area contributed by atoms with Crippen LogP contribution in [0.4, 0.5) is 0 Å². The first-order valence-electron chi connectivity index (χ1n) is 5.21. The highest BCUT2D eigenvalue weighted by molar-refractivity contribution is 5.14. The van der Waals surface area contributed by atoms with Crippen LogP contribution >= 0.6 is 0 Å². The molecule has 0 aromatic rings. The average Bonchev–Trinajstić information content (AvgIpc) is 2.16. The first-order chi connectivity index (χ1) is 6.68. The van der Waals surface area contributed by atoms with Crippen molar-refractivity contribution >= 4 is 0 Å². The van der Waals surface area contributed by atoms with E-state index in [0.29, 0.717) is 0 Å². The van der Waals surface area contributed by atoms with E-state index in [1.165, 1.54) is 5.57 Å². The summed E-state index contributed by atoms with van der Waals surface area (Å²) in [7, 11) is 0. The molecule has 1 saturated heterocycles. The molecule has 0 unspecified atom stereocenters. The highest BCUT2D eigenvalue weighted by Crippen LogP contribution is 2.00. The molecule has 3 heteroatoms. The van der Waals surface area contributed by atoms with Crippen LogP contribution in [0.1, 0.15) is 13.8 Å². The van der Waals surface area contributed by atoms with E-state index in [9.17, 15) is 0 Å². The molecule has 1 rings (SSSR count). The van der Waals surface area contributed by atoms with Gasteiger partial charge in [-0.3, -0.25) is 4.90 Å². The molecule has 1 heterocycles. The van der Waals surface area contributed by atoms with Crippen LogP contribution in [-0.4, -0.2) is 37.6 Å². The number of rotatable bonds is 3. The minimum Gasteiger partial charge on any atom is -0.402 e. The van der Waals surface area contributed by atoms with Gasteiger partial charge in [0.15, 0.2) is 0 Å². The minimum absolute atomic E-state index is 0.865. The van der Waals surface area contributed by atoms with E-state index in [2.05, 4.69) is 23.2 Å². The summed E-state index contributed by atoms with van der Waals surface area (Å²) in [4.78, 5) is 2.46. The van der Waals surface area contributed by atoms with Crippen molar-refractivity contribution in [2.24, 2.45) is 5.73 Å². The number of allylic oxidation sites excluding steroid dienone is 3. The van der Waals surface area contributed by atoms with E-state index in [1.807, 2.05) is 13.0 Å². The molecule has 0 aromatic carbocycles. The molecule has 14 heavy (non-hydrogen) atoms. The summed E-state index contributed by atoms with van der Waals surface area (Å²) >= 11 is 0. The average molecular weight is 195 g/mol. The largest absolute Gasteiger partial charge is 0.402 e. The quantitative estimate of drug-likeness (QED) is 0.651. The second-order valence-electron chi connectivity index (χ2n) is 3.95. The molecule has 0 aliphatic carbocycles. The summed E-state index contributed by atoms with van der Waals surface area (Å²) in [5.74, 6) is 0. The molecule has 1 aliphatic heterocycles. The van der Waals surface area contributed by atoms with Crippen molar-refractivity contribution in [3.63, 3.8) is 0 Å². The third-order valence-electron chi connectivity index (χ3n) is 2.31. The number of nitrogens with two attached hydrogens (primary N) is 1. The molecule has 1 fully saturated rings. The Morgan fingerprint density at radius 3 is 2.50 bits per heavy atom. The molecule has 0 amide bonds. The zero-order valence-corrected chi connectivity index (χ0v) is 9.21. The van der Waals surface area contributed by atoms with Crippen molar-refractivity contribution in [3.05, 3.63) is 23.4 Å². The van der Waals surface area contributed by atoms with Crippen LogP contribution in [0.15, 0.2) is 23.4 Å². The van der Waals surface area contributed by atoms with Gasteiger partial charge in [0.1, 0.15) is 0 Å². The molecular weight excluding hydrogens is 174 g/mol. The summed E-state index contributed by atoms with van der Waals surface area (Å²) in [6.45, 7) is 9.65. The normalized spacial score (nSPS) is 21.3. The van der Waals surface area contributed by atoms with Crippen LogP contribution in [0, 0.1) is 0 Å². The van der Waals surface area contributed by atoms with Crippen LogP contribution in [0.3, 0.4) is 0 Å². The molecular formula is C11H21N3. The minimum atomic E-state index is 0.865. The van der Waals surface area contributed by atoms with Crippen LogP contribution in [0.2, 0.25) is 0 Å². The lowest BCUT2D eigenvalue weighted by molar-refractivity contribution is 0.259. The molecule has 0 atom stereocenters. The maximum Gasteiger partial charge on any atom is 0.0194 e. The summed E-state index contributed by atoms with van der Waals surface area (Å²) < 4.78 is 0. The number of nitrogens with one attached hydrogen (secondary N) is 1. The van der Waals surface area contributed by atoms with Gasteiger partial charge < -0.3 is 11.1 Å².